The fourth-order valence-corrected chi connectivity index (χ4v) is 2.84. The van der Waals surface area contributed by atoms with Gasteiger partial charge in [-0.1, -0.05) is 0 Å². The predicted molar refractivity (Wildman–Crippen MR) is 73.3 cm³/mol. The van der Waals surface area contributed by atoms with Gasteiger partial charge in [-0.25, -0.2) is 0 Å². The number of phenolic OH excluding ortho intramolecular Hbond substituents is 1. The number of rotatable bonds is 2. The van der Waals surface area contributed by atoms with Gasteiger partial charge in [-0.05, 0) is 63.8 Å². The van der Waals surface area contributed by atoms with Crippen molar-refractivity contribution in [1.29, 1.82) is 0 Å². The fourth-order valence-electron chi connectivity index (χ4n) is 2.84. The average Bonchev–Trinajstić information content (AvgIpc) is 2.36. The van der Waals surface area contributed by atoms with Gasteiger partial charge >= 0.3 is 0 Å². The topological polar surface area (TPSA) is 55.5 Å². The first kappa shape index (κ1) is 13.2. The van der Waals surface area contributed by atoms with Crippen LogP contribution in [0.15, 0.2) is 0 Å². The summed E-state index contributed by atoms with van der Waals surface area (Å²) in [5.41, 5.74) is 9.77. The Labute approximate surface area is 109 Å². The van der Waals surface area contributed by atoms with Crippen molar-refractivity contribution in [3.05, 3.63) is 22.3 Å². The molecule has 0 aromatic heterocycles. The van der Waals surface area contributed by atoms with Crippen molar-refractivity contribution in [1.82, 2.24) is 0 Å². The Hall–Kier alpha value is -1.22. The van der Waals surface area contributed by atoms with Crippen LogP contribution in [0.2, 0.25) is 0 Å². The van der Waals surface area contributed by atoms with Gasteiger partial charge in [0.2, 0.25) is 0 Å². The quantitative estimate of drug-likeness (QED) is 0.847. The Bertz CT molecular complexity index is 468. The van der Waals surface area contributed by atoms with Crippen molar-refractivity contribution in [2.45, 2.75) is 46.6 Å². The van der Waals surface area contributed by atoms with Crippen LogP contribution < -0.4 is 10.5 Å². The maximum atomic E-state index is 10.1. The zero-order chi connectivity index (χ0) is 13.4. The van der Waals surface area contributed by atoms with E-state index in [-0.39, 0.29) is 6.10 Å². The molecule has 1 aromatic carbocycles. The second-order valence-electron chi connectivity index (χ2n) is 5.40. The van der Waals surface area contributed by atoms with E-state index in [0.29, 0.717) is 18.2 Å². The molecule has 2 atom stereocenters. The molecule has 100 valence electrons. The average molecular weight is 249 g/mol. The van der Waals surface area contributed by atoms with E-state index < -0.39 is 0 Å². The summed E-state index contributed by atoms with van der Waals surface area (Å²) in [6.45, 7) is 8.73. The Morgan fingerprint density at radius 2 is 1.89 bits per heavy atom. The van der Waals surface area contributed by atoms with Crippen molar-refractivity contribution >= 4 is 0 Å². The first-order chi connectivity index (χ1) is 8.47. The minimum Gasteiger partial charge on any atom is -0.507 e. The Morgan fingerprint density at radius 1 is 1.22 bits per heavy atom. The molecule has 0 fully saturated rings. The summed E-state index contributed by atoms with van der Waals surface area (Å²) in [5.74, 6) is 1.84. The molecule has 0 aliphatic carbocycles. The van der Waals surface area contributed by atoms with Crippen LogP contribution in [-0.4, -0.2) is 17.8 Å². The third-order valence-corrected chi connectivity index (χ3v) is 4.31. The summed E-state index contributed by atoms with van der Waals surface area (Å²) >= 11 is 0. The van der Waals surface area contributed by atoms with Crippen LogP contribution in [0.3, 0.4) is 0 Å². The second-order valence-corrected chi connectivity index (χ2v) is 5.40. The summed E-state index contributed by atoms with van der Waals surface area (Å²) in [7, 11) is 0. The van der Waals surface area contributed by atoms with Crippen LogP contribution >= 0.6 is 0 Å². The van der Waals surface area contributed by atoms with Gasteiger partial charge in [0.25, 0.3) is 0 Å². The largest absolute Gasteiger partial charge is 0.507 e. The molecule has 0 saturated carbocycles. The molecule has 1 aliphatic heterocycles. The summed E-state index contributed by atoms with van der Waals surface area (Å²) in [6, 6.07) is 0. The molecular formula is C15H23NO2. The number of hydrogen-bond donors (Lipinski definition) is 2. The summed E-state index contributed by atoms with van der Waals surface area (Å²) in [4.78, 5) is 0. The van der Waals surface area contributed by atoms with Crippen LogP contribution in [0.5, 0.6) is 11.5 Å². The highest BCUT2D eigenvalue weighted by Crippen LogP contribution is 2.42. The van der Waals surface area contributed by atoms with Gasteiger partial charge in [0.1, 0.15) is 11.5 Å². The van der Waals surface area contributed by atoms with Crippen LogP contribution in [0.25, 0.3) is 0 Å². The molecule has 0 saturated heterocycles. The highest BCUT2D eigenvalue weighted by Gasteiger charge is 2.30. The number of phenols is 1. The number of nitrogens with two attached hydrogens (primary N) is 1. The number of fused-ring (bicyclic) bond motifs is 1. The third-order valence-electron chi connectivity index (χ3n) is 4.31. The Kier molecular flexibility index (Phi) is 3.53. The van der Waals surface area contributed by atoms with Gasteiger partial charge in [-0.15, -0.1) is 0 Å². The maximum Gasteiger partial charge on any atom is 0.126 e. The first-order valence-corrected chi connectivity index (χ1v) is 6.65. The number of ether oxygens (including phenoxy) is 1. The number of aromatic hydroxyl groups is 1. The molecule has 18 heavy (non-hydrogen) atoms. The summed E-state index contributed by atoms with van der Waals surface area (Å²) in [5, 5.41) is 10.1. The Morgan fingerprint density at radius 3 is 2.50 bits per heavy atom. The second kappa shape index (κ2) is 4.81. The van der Waals surface area contributed by atoms with E-state index in [1.165, 1.54) is 0 Å². The minimum atomic E-state index is 0.197. The fraction of sp³-hybridized carbons (Fsp3) is 0.600. The van der Waals surface area contributed by atoms with Crippen LogP contribution in [0, 0.1) is 26.7 Å². The van der Waals surface area contributed by atoms with Crippen molar-refractivity contribution in [3.63, 3.8) is 0 Å². The summed E-state index contributed by atoms with van der Waals surface area (Å²) < 4.78 is 6.08. The van der Waals surface area contributed by atoms with Gasteiger partial charge in [0.15, 0.2) is 0 Å². The van der Waals surface area contributed by atoms with Gasteiger partial charge in [0, 0.05) is 11.5 Å². The van der Waals surface area contributed by atoms with Crippen LogP contribution in [0.1, 0.15) is 35.6 Å². The van der Waals surface area contributed by atoms with Crippen molar-refractivity contribution in [3.8, 4) is 11.5 Å². The summed E-state index contributed by atoms with van der Waals surface area (Å²) in [6.07, 6.45) is 2.12. The monoisotopic (exact) mass is 249 g/mol. The van der Waals surface area contributed by atoms with Crippen LogP contribution in [0.4, 0.5) is 0 Å². The zero-order valence-corrected chi connectivity index (χ0v) is 11.7. The van der Waals surface area contributed by atoms with E-state index in [2.05, 4.69) is 6.92 Å². The molecule has 3 nitrogen and oxygen atoms in total. The molecule has 2 unspecified atom stereocenters. The van der Waals surface area contributed by atoms with E-state index in [9.17, 15) is 5.11 Å². The lowest BCUT2D eigenvalue weighted by atomic mass is 9.84. The van der Waals surface area contributed by atoms with Crippen molar-refractivity contribution < 1.29 is 9.84 Å². The molecule has 1 heterocycles. The third kappa shape index (κ3) is 1.97. The molecule has 0 spiro atoms. The van der Waals surface area contributed by atoms with Gasteiger partial charge in [0.05, 0.1) is 6.10 Å². The normalized spacial score (nSPS) is 22.5. The molecular weight excluding hydrogens is 226 g/mol. The molecule has 1 aromatic rings. The lowest BCUT2D eigenvalue weighted by Crippen LogP contribution is -2.32. The predicted octanol–water partition coefficient (Wildman–Crippen LogP) is 2.61. The Balaban J connectivity index is 2.49. The number of benzene rings is 1. The molecule has 2 rings (SSSR count). The maximum absolute atomic E-state index is 10.1. The van der Waals surface area contributed by atoms with Crippen LogP contribution in [-0.2, 0) is 6.42 Å². The molecule has 3 heteroatoms. The standard InChI is InChI=1S/C15H23NO2/c1-8-9(2)15-13(10(3)14(8)17)7-12(5-6-16)11(4)18-15/h11-12,17H,5-7,16H2,1-4H3. The smallest absolute Gasteiger partial charge is 0.126 e. The molecule has 3 N–H and O–H groups in total. The van der Waals surface area contributed by atoms with E-state index >= 15 is 0 Å². The van der Waals surface area contributed by atoms with Gasteiger partial charge < -0.3 is 15.6 Å². The lowest BCUT2D eigenvalue weighted by molar-refractivity contribution is 0.123. The van der Waals surface area contributed by atoms with E-state index in [0.717, 1.165) is 40.8 Å². The van der Waals surface area contributed by atoms with Crippen molar-refractivity contribution in [2.75, 3.05) is 6.54 Å². The lowest BCUT2D eigenvalue weighted by Gasteiger charge is -2.34. The van der Waals surface area contributed by atoms with Crippen molar-refractivity contribution in [2.24, 2.45) is 11.7 Å². The van der Waals surface area contributed by atoms with E-state index in [1.807, 2.05) is 20.8 Å². The van der Waals surface area contributed by atoms with Gasteiger partial charge in [-0.2, -0.15) is 0 Å². The first-order valence-electron chi connectivity index (χ1n) is 6.65. The molecule has 0 radical (unpaired) electrons. The molecule has 0 bridgehead atoms. The number of hydrogen-bond acceptors (Lipinski definition) is 3. The van der Waals surface area contributed by atoms with Gasteiger partial charge in [-0.3, -0.25) is 0 Å². The SMILES string of the molecule is Cc1c(C)c2c(c(C)c1O)CC(CCN)C(C)O2. The zero-order valence-electron chi connectivity index (χ0n) is 11.7. The molecule has 1 aliphatic rings. The minimum absolute atomic E-state index is 0.197. The highest BCUT2D eigenvalue weighted by atomic mass is 16.5. The molecule has 0 amide bonds. The van der Waals surface area contributed by atoms with E-state index in [4.69, 9.17) is 10.5 Å². The highest BCUT2D eigenvalue weighted by molar-refractivity contribution is 5.58. The van der Waals surface area contributed by atoms with E-state index in [1.54, 1.807) is 0 Å².